The zero-order valence-corrected chi connectivity index (χ0v) is 8.82. The molecule has 1 N–H and O–H groups in total. The summed E-state index contributed by atoms with van der Waals surface area (Å²) >= 11 is 0. The molecule has 0 aromatic heterocycles. The lowest BCUT2D eigenvalue weighted by molar-refractivity contribution is 0.501. The highest BCUT2D eigenvalue weighted by Crippen LogP contribution is 2.21. The van der Waals surface area contributed by atoms with Gasteiger partial charge in [0, 0.05) is 28.3 Å². The van der Waals surface area contributed by atoms with Gasteiger partial charge < -0.3 is 5.32 Å². The van der Waals surface area contributed by atoms with Gasteiger partial charge in [0.15, 0.2) is 0 Å². The molecule has 0 aromatic rings. The van der Waals surface area contributed by atoms with Crippen molar-refractivity contribution in [2.75, 3.05) is 13.3 Å². The number of hydrogen-bond donors (Lipinski definition) is 1. The molecule has 12 heavy (non-hydrogen) atoms. The van der Waals surface area contributed by atoms with Crippen molar-refractivity contribution in [3.8, 4) is 0 Å². The van der Waals surface area contributed by atoms with Crippen molar-refractivity contribution >= 4 is 10.8 Å². The predicted molar refractivity (Wildman–Crippen MR) is 53.8 cm³/mol. The highest BCUT2D eigenvalue weighted by atomic mass is 32.2. The number of rotatable bonds is 2. The average Bonchev–Trinajstić information content (AvgIpc) is 2.27. The topological polar surface area (TPSA) is 29.1 Å². The minimum absolute atomic E-state index is 0.387. The van der Waals surface area contributed by atoms with Crippen LogP contribution >= 0.6 is 0 Å². The summed E-state index contributed by atoms with van der Waals surface area (Å²) in [5.41, 5.74) is 0. The molecule has 3 heteroatoms. The second-order valence-corrected chi connectivity index (χ2v) is 5.17. The first kappa shape index (κ1) is 10.2. The molecule has 1 aliphatic rings. The van der Waals surface area contributed by atoms with Crippen LogP contribution in [0.2, 0.25) is 0 Å². The summed E-state index contributed by atoms with van der Waals surface area (Å²) in [4.78, 5) is 0. The van der Waals surface area contributed by atoms with Gasteiger partial charge in [-0.25, -0.2) is 0 Å². The van der Waals surface area contributed by atoms with E-state index in [0.717, 1.165) is 6.42 Å². The molecule has 1 aliphatic carbocycles. The second kappa shape index (κ2) is 4.97. The van der Waals surface area contributed by atoms with Crippen molar-refractivity contribution in [2.45, 2.75) is 43.4 Å². The Morgan fingerprint density at radius 1 is 1.25 bits per heavy atom. The van der Waals surface area contributed by atoms with E-state index in [0.29, 0.717) is 11.3 Å². The monoisotopic (exact) mass is 189 g/mol. The van der Waals surface area contributed by atoms with Gasteiger partial charge in [0.25, 0.3) is 0 Å². The lowest BCUT2D eigenvalue weighted by Gasteiger charge is -2.22. The van der Waals surface area contributed by atoms with Crippen molar-refractivity contribution in [2.24, 2.45) is 0 Å². The highest BCUT2D eigenvalue weighted by molar-refractivity contribution is 7.85. The normalized spacial score (nSPS) is 34.2. The van der Waals surface area contributed by atoms with Crippen molar-refractivity contribution in [1.82, 2.24) is 5.32 Å². The van der Waals surface area contributed by atoms with Crippen molar-refractivity contribution in [3.63, 3.8) is 0 Å². The highest BCUT2D eigenvalue weighted by Gasteiger charge is 2.24. The lowest BCUT2D eigenvalue weighted by Crippen LogP contribution is -2.39. The molecule has 0 heterocycles. The van der Waals surface area contributed by atoms with Gasteiger partial charge in [-0.3, -0.25) is 4.21 Å². The maximum absolute atomic E-state index is 11.4. The molecule has 1 fully saturated rings. The van der Waals surface area contributed by atoms with Crippen molar-refractivity contribution < 1.29 is 4.21 Å². The Morgan fingerprint density at radius 3 is 2.50 bits per heavy atom. The molecular formula is C9H19NOS. The molecular weight excluding hydrogens is 170 g/mol. The molecule has 1 saturated carbocycles. The first-order valence-corrected chi connectivity index (χ1v) is 6.37. The van der Waals surface area contributed by atoms with Gasteiger partial charge in [-0.05, 0) is 19.9 Å². The van der Waals surface area contributed by atoms with Gasteiger partial charge in [-0.15, -0.1) is 0 Å². The summed E-state index contributed by atoms with van der Waals surface area (Å²) in [6.45, 7) is 0. The minimum Gasteiger partial charge on any atom is -0.316 e. The van der Waals surface area contributed by atoms with Crippen LogP contribution in [0.5, 0.6) is 0 Å². The molecule has 0 aliphatic heterocycles. The van der Waals surface area contributed by atoms with Crippen LogP contribution in [0.3, 0.4) is 0 Å². The molecule has 0 saturated heterocycles. The quantitative estimate of drug-likeness (QED) is 0.663. The average molecular weight is 189 g/mol. The van der Waals surface area contributed by atoms with Crippen LogP contribution in [0.15, 0.2) is 0 Å². The fourth-order valence-electron chi connectivity index (χ4n) is 2.00. The molecule has 0 spiro atoms. The van der Waals surface area contributed by atoms with E-state index in [-0.39, 0.29) is 0 Å². The van der Waals surface area contributed by atoms with Gasteiger partial charge in [0.2, 0.25) is 0 Å². The smallest absolute Gasteiger partial charge is 0.0498 e. The maximum Gasteiger partial charge on any atom is 0.0498 e. The molecule has 3 unspecified atom stereocenters. The molecule has 2 nitrogen and oxygen atoms in total. The van der Waals surface area contributed by atoms with Crippen LogP contribution in [0.25, 0.3) is 0 Å². The van der Waals surface area contributed by atoms with Gasteiger partial charge >= 0.3 is 0 Å². The zero-order chi connectivity index (χ0) is 8.97. The number of hydrogen-bond acceptors (Lipinski definition) is 2. The van der Waals surface area contributed by atoms with E-state index in [9.17, 15) is 4.21 Å². The van der Waals surface area contributed by atoms with Crippen molar-refractivity contribution in [1.29, 1.82) is 0 Å². The summed E-state index contributed by atoms with van der Waals surface area (Å²) in [6.07, 6.45) is 8.02. The summed E-state index contributed by atoms with van der Waals surface area (Å²) in [6, 6.07) is 0.485. The molecule has 1 rings (SSSR count). The largest absolute Gasteiger partial charge is 0.316 e. The van der Waals surface area contributed by atoms with E-state index in [2.05, 4.69) is 5.32 Å². The predicted octanol–water partition coefficient (Wildman–Crippen LogP) is 1.29. The van der Waals surface area contributed by atoms with Crippen LogP contribution in [0.4, 0.5) is 0 Å². The van der Waals surface area contributed by atoms with Crippen LogP contribution < -0.4 is 5.32 Å². The fraction of sp³-hybridized carbons (Fsp3) is 1.00. The molecule has 0 radical (unpaired) electrons. The van der Waals surface area contributed by atoms with E-state index < -0.39 is 10.8 Å². The summed E-state index contributed by atoms with van der Waals surface area (Å²) < 4.78 is 11.4. The van der Waals surface area contributed by atoms with E-state index >= 15 is 0 Å². The first-order chi connectivity index (χ1) is 5.75. The van der Waals surface area contributed by atoms with E-state index in [1.54, 1.807) is 0 Å². The maximum atomic E-state index is 11.4. The molecule has 0 bridgehead atoms. The fourth-order valence-corrected chi connectivity index (χ4v) is 3.23. The van der Waals surface area contributed by atoms with Crippen molar-refractivity contribution in [3.05, 3.63) is 0 Å². The molecule has 72 valence electrons. The van der Waals surface area contributed by atoms with Crippen LogP contribution in [-0.2, 0) is 10.8 Å². The Morgan fingerprint density at radius 2 is 1.92 bits per heavy atom. The van der Waals surface area contributed by atoms with Gasteiger partial charge in [0.05, 0.1) is 0 Å². The van der Waals surface area contributed by atoms with Gasteiger partial charge in [-0.2, -0.15) is 0 Å². The Labute approximate surface area is 77.6 Å². The van der Waals surface area contributed by atoms with E-state index in [4.69, 9.17) is 0 Å². The Kier molecular flexibility index (Phi) is 4.22. The van der Waals surface area contributed by atoms with Crippen LogP contribution in [0.1, 0.15) is 32.1 Å². The summed E-state index contributed by atoms with van der Waals surface area (Å²) in [5, 5.41) is 3.67. The SMILES string of the molecule is CNC1CCCCCC1S(C)=O. The Hall–Kier alpha value is 0.110. The summed E-state index contributed by atoms with van der Waals surface area (Å²) in [7, 11) is 1.33. The third kappa shape index (κ3) is 2.56. The van der Waals surface area contributed by atoms with Gasteiger partial charge in [-0.1, -0.05) is 19.3 Å². The first-order valence-electron chi connectivity index (χ1n) is 4.75. The molecule has 3 atom stereocenters. The summed E-state index contributed by atoms with van der Waals surface area (Å²) in [5.74, 6) is 0. The standard InChI is InChI=1S/C9H19NOS/c1-10-8-6-4-3-5-7-9(8)12(2)11/h8-10H,3-7H2,1-2H3. The Bertz CT molecular complexity index is 161. The third-order valence-electron chi connectivity index (χ3n) is 2.75. The molecule has 0 amide bonds. The zero-order valence-electron chi connectivity index (χ0n) is 8.01. The minimum atomic E-state index is -0.656. The Balaban J connectivity index is 2.57. The van der Waals surface area contributed by atoms with E-state index in [1.165, 1.54) is 25.7 Å². The van der Waals surface area contributed by atoms with Crippen LogP contribution in [0, 0.1) is 0 Å². The number of nitrogens with one attached hydrogen (secondary N) is 1. The second-order valence-electron chi connectivity index (χ2n) is 3.57. The third-order valence-corrected chi connectivity index (χ3v) is 4.17. The van der Waals surface area contributed by atoms with Crippen LogP contribution in [-0.4, -0.2) is 28.8 Å². The lowest BCUT2D eigenvalue weighted by atomic mass is 10.1. The van der Waals surface area contributed by atoms with E-state index in [1.807, 2.05) is 13.3 Å². The van der Waals surface area contributed by atoms with Gasteiger partial charge in [0.1, 0.15) is 0 Å². The molecule has 0 aromatic carbocycles.